The van der Waals surface area contributed by atoms with Gasteiger partial charge in [-0.3, -0.25) is 4.79 Å². The third-order valence-corrected chi connectivity index (χ3v) is 2.63. The predicted octanol–water partition coefficient (Wildman–Crippen LogP) is 2.27. The number of rotatable bonds is 2. The Hall–Kier alpha value is -1.95. The number of hydrogen-bond donors (Lipinski definition) is 1. The van der Waals surface area contributed by atoms with Gasteiger partial charge in [-0.25, -0.2) is 0 Å². The lowest BCUT2D eigenvalue weighted by Gasteiger charge is -2.16. The van der Waals surface area contributed by atoms with Crippen LogP contribution in [-0.2, 0) is 4.79 Å². The fourth-order valence-corrected chi connectivity index (χ4v) is 1.38. The van der Waals surface area contributed by atoms with E-state index >= 15 is 0 Å². The van der Waals surface area contributed by atoms with Gasteiger partial charge in [0.1, 0.15) is 0 Å². The highest BCUT2D eigenvalue weighted by Crippen LogP contribution is 2.12. The van der Waals surface area contributed by atoms with E-state index in [0.29, 0.717) is 6.54 Å². The largest absolute Gasteiger partial charge is 0.378 e. The van der Waals surface area contributed by atoms with Crippen molar-refractivity contribution in [1.29, 1.82) is 0 Å². The molecule has 0 heterocycles. The summed E-state index contributed by atoms with van der Waals surface area (Å²) in [5, 5.41) is 2.80. The number of hydrogen-bond acceptors (Lipinski definition) is 2. The van der Waals surface area contributed by atoms with E-state index in [1.807, 2.05) is 64.0 Å². The first kappa shape index (κ1) is 15.1. The van der Waals surface area contributed by atoms with Gasteiger partial charge in [0.2, 0.25) is 5.91 Å². The first-order chi connectivity index (χ1) is 8.80. The molecule has 3 heteroatoms. The molecule has 0 aromatic heterocycles. The molecule has 1 N–H and O–H groups in total. The second kappa shape index (κ2) is 6.29. The van der Waals surface area contributed by atoms with E-state index < -0.39 is 0 Å². The number of carbonyl (C=O) groups excluding carboxylic acids is 1. The topological polar surface area (TPSA) is 32.3 Å². The summed E-state index contributed by atoms with van der Waals surface area (Å²) in [5.74, 6) is 6.01. The van der Waals surface area contributed by atoms with Crippen molar-refractivity contribution in [2.75, 3.05) is 25.5 Å². The Balaban J connectivity index is 2.53. The third kappa shape index (κ3) is 5.05. The van der Waals surface area contributed by atoms with Crippen LogP contribution in [0.15, 0.2) is 24.3 Å². The molecule has 102 valence electrons. The average molecular weight is 258 g/mol. The molecular weight excluding hydrogens is 236 g/mol. The Morgan fingerprint density at radius 1 is 1.21 bits per heavy atom. The lowest BCUT2D eigenvalue weighted by molar-refractivity contribution is -0.128. The Labute approximate surface area is 116 Å². The number of nitrogens with zero attached hydrogens (tertiary/aromatic N) is 1. The molecule has 1 rings (SSSR count). The van der Waals surface area contributed by atoms with Gasteiger partial charge in [-0.15, -0.1) is 0 Å². The van der Waals surface area contributed by atoms with Crippen molar-refractivity contribution in [2.24, 2.45) is 5.41 Å². The predicted molar refractivity (Wildman–Crippen MR) is 80.1 cm³/mol. The van der Waals surface area contributed by atoms with Crippen LogP contribution in [0, 0.1) is 17.3 Å². The normalized spacial score (nSPS) is 10.4. The summed E-state index contributed by atoms with van der Waals surface area (Å²) in [5.41, 5.74) is 1.73. The molecule has 0 spiro atoms. The summed E-state index contributed by atoms with van der Waals surface area (Å²) in [6.07, 6.45) is 0. The minimum Gasteiger partial charge on any atom is -0.378 e. The van der Waals surface area contributed by atoms with Gasteiger partial charge in [0, 0.05) is 30.8 Å². The molecule has 0 aliphatic heterocycles. The van der Waals surface area contributed by atoms with Crippen molar-refractivity contribution in [3.63, 3.8) is 0 Å². The van der Waals surface area contributed by atoms with E-state index in [2.05, 4.69) is 17.2 Å². The van der Waals surface area contributed by atoms with E-state index in [1.54, 1.807) is 0 Å². The molecule has 0 radical (unpaired) electrons. The summed E-state index contributed by atoms with van der Waals surface area (Å²) in [7, 11) is 4.01. The maximum Gasteiger partial charge on any atom is 0.226 e. The monoisotopic (exact) mass is 258 g/mol. The summed E-state index contributed by atoms with van der Waals surface area (Å²) in [6.45, 7) is 6.03. The van der Waals surface area contributed by atoms with Crippen LogP contribution in [0.3, 0.4) is 0 Å². The molecule has 0 aliphatic carbocycles. The van der Waals surface area contributed by atoms with Gasteiger partial charge < -0.3 is 10.2 Å². The summed E-state index contributed by atoms with van der Waals surface area (Å²) < 4.78 is 0. The van der Waals surface area contributed by atoms with E-state index in [0.717, 1.165) is 11.3 Å². The maximum atomic E-state index is 11.6. The SMILES string of the molecule is CN(C)c1ccc(C#CCNC(=O)C(C)(C)C)cc1. The highest BCUT2D eigenvalue weighted by atomic mass is 16.2. The summed E-state index contributed by atoms with van der Waals surface area (Å²) in [6, 6.07) is 8.01. The van der Waals surface area contributed by atoms with Crippen molar-refractivity contribution < 1.29 is 4.79 Å². The van der Waals surface area contributed by atoms with Crippen LogP contribution in [0.2, 0.25) is 0 Å². The molecular formula is C16H22N2O. The second-order valence-electron chi connectivity index (χ2n) is 5.68. The smallest absolute Gasteiger partial charge is 0.226 e. The van der Waals surface area contributed by atoms with E-state index in [9.17, 15) is 4.79 Å². The Bertz CT molecular complexity index is 484. The van der Waals surface area contributed by atoms with E-state index in [4.69, 9.17) is 0 Å². The van der Waals surface area contributed by atoms with Gasteiger partial charge in [0.05, 0.1) is 6.54 Å². The Kier molecular flexibility index (Phi) is 5.00. The fraction of sp³-hybridized carbons (Fsp3) is 0.438. The molecule has 0 unspecified atom stereocenters. The zero-order valence-corrected chi connectivity index (χ0v) is 12.4. The van der Waals surface area contributed by atoms with Crippen molar-refractivity contribution in [2.45, 2.75) is 20.8 Å². The van der Waals surface area contributed by atoms with Crippen molar-refractivity contribution in [3.8, 4) is 11.8 Å². The van der Waals surface area contributed by atoms with Crippen LogP contribution in [0.5, 0.6) is 0 Å². The number of amides is 1. The first-order valence-corrected chi connectivity index (χ1v) is 6.35. The van der Waals surface area contributed by atoms with Crippen LogP contribution in [0.25, 0.3) is 0 Å². The number of anilines is 1. The summed E-state index contributed by atoms with van der Waals surface area (Å²) >= 11 is 0. The van der Waals surface area contributed by atoms with Gasteiger partial charge >= 0.3 is 0 Å². The molecule has 3 nitrogen and oxygen atoms in total. The van der Waals surface area contributed by atoms with E-state index in [1.165, 1.54) is 0 Å². The lowest BCUT2D eigenvalue weighted by Crippen LogP contribution is -2.34. The first-order valence-electron chi connectivity index (χ1n) is 6.35. The highest BCUT2D eigenvalue weighted by Gasteiger charge is 2.19. The molecule has 0 saturated carbocycles. The highest BCUT2D eigenvalue weighted by molar-refractivity contribution is 5.81. The molecule has 0 aliphatic rings. The molecule has 1 aromatic carbocycles. The molecule has 0 fully saturated rings. The van der Waals surface area contributed by atoms with Crippen LogP contribution in [0.4, 0.5) is 5.69 Å². The average Bonchev–Trinajstić information content (AvgIpc) is 2.33. The van der Waals surface area contributed by atoms with Crippen molar-refractivity contribution in [3.05, 3.63) is 29.8 Å². The Morgan fingerprint density at radius 3 is 2.26 bits per heavy atom. The molecule has 1 amide bonds. The van der Waals surface area contributed by atoms with Crippen LogP contribution >= 0.6 is 0 Å². The Morgan fingerprint density at radius 2 is 1.79 bits per heavy atom. The fourth-order valence-electron chi connectivity index (χ4n) is 1.38. The zero-order chi connectivity index (χ0) is 14.5. The molecule has 1 aromatic rings. The van der Waals surface area contributed by atoms with Gasteiger partial charge in [0.25, 0.3) is 0 Å². The quantitative estimate of drug-likeness (QED) is 0.825. The number of carbonyl (C=O) groups is 1. The van der Waals surface area contributed by atoms with Gasteiger partial charge in [-0.05, 0) is 24.3 Å². The number of nitrogens with one attached hydrogen (secondary N) is 1. The van der Waals surface area contributed by atoms with Crippen molar-refractivity contribution in [1.82, 2.24) is 5.32 Å². The van der Waals surface area contributed by atoms with Crippen LogP contribution in [-0.4, -0.2) is 26.5 Å². The minimum absolute atomic E-state index is 0.0183. The maximum absolute atomic E-state index is 11.6. The van der Waals surface area contributed by atoms with E-state index in [-0.39, 0.29) is 11.3 Å². The molecule has 0 atom stereocenters. The standard InChI is InChI=1S/C16H22N2O/c1-16(2,3)15(19)17-12-6-7-13-8-10-14(11-9-13)18(4)5/h8-11H,12H2,1-5H3,(H,17,19). The lowest BCUT2D eigenvalue weighted by atomic mass is 9.96. The summed E-state index contributed by atoms with van der Waals surface area (Å²) in [4.78, 5) is 13.7. The van der Waals surface area contributed by atoms with Gasteiger partial charge in [-0.2, -0.15) is 0 Å². The molecule has 0 saturated heterocycles. The number of benzene rings is 1. The van der Waals surface area contributed by atoms with Gasteiger partial charge in [-0.1, -0.05) is 32.6 Å². The second-order valence-corrected chi connectivity index (χ2v) is 5.68. The molecule has 0 bridgehead atoms. The minimum atomic E-state index is -0.366. The third-order valence-electron chi connectivity index (χ3n) is 2.63. The van der Waals surface area contributed by atoms with Crippen LogP contribution < -0.4 is 10.2 Å². The zero-order valence-electron chi connectivity index (χ0n) is 12.4. The van der Waals surface area contributed by atoms with Gasteiger partial charge in [0.15, 0.2) is 0 Å². The van der Waals surface area contributed by atoms with Crippen molar-refractivity contribution >= 4 is 11.6 Å². The van der Waals surface area contributed by atoms with Crippen LogP contribution in [0.1, 0.15) is 26.3 Å². The molecule has 19 heavy (non-hydrogen) atoms.